The molecule has 0 aliphatic rings. The van der Waals surface area contributed by atoms with Gasteiger partial charge in [0.05, 0.1) is 11.2 Å². The van der Waals surface area contributed by atoms with E-state index in [0.29, 0.717) is 6.54 Å². The average molecular weight is 235 g/mol. The summed E-state index contributed by atoms with van der Waals surface area (Å²) in [5, 5.41) is 4.14. The van der Waals surface area contributed by atoms with E-state index in [1.807, 2.05) is 20.8 Å². The highest BCUT2D eigenvalue weighted by molar-refractivity contribution is 6.41. The molecular weight excluding hydrogens is 223 g/mol. The standard InChI is InChI=1S/C9H12Cl2N2O/c1-9(2,3)5-13-8(14)7(11)6(10)4-12-13/h4H,5H2,1-3H3. The topological polar surface area (TPSA) is 34.9 Å². The lowest BCUT2D eigenvalue weighted by Crippen LogP contribution is -2.29. The summed E-state index contributed by atoms with van der Waals surface area (Å²) in [6, 6.07) is 0. The van der Waals surface area contributed by atoms with Gasteiger partial charge in [-0.05, 0) is 5.41 Å². The Kier molecular flexibility index (Phi) is 3.22. The molecule has 0 radical (unpaired) electrons. The Balaban J connectivity index is 3.13. The molecule has 0 saturated heterocycles. The normalized spacial score (nSPS) is 11.8. The second-order valence-electron chi connectivity index (χ2n) is 4.33. The van der Waals surface area contributed by atoms with Gasteiger partial charge in [0.2, 0.25) is 0 Å². The van der Waals surface area contributed by atoms with Gasteiger partial charge in [0.25, 0.3) is 5.56 Å². The molecule has 5 heteroatoms. The molecule has 3 nitrogen and oxygen atoms in total. The monoisotopic (exact) mass is 234 g/mol. The van der Waals surface area contributed by atoms with Crippen molar-refractivity contribution in [3.05, 3.63) is 26.6 Å². The number of hydrogen-bond donors (Lipinski definition) is 0. The van der Waals surface area contributed by atoms with Crippen LogP contribution in [-0.4, -0.2) is 9.78 Å². The lowest BCUT2D eigenvalue weighted by molar-refractivity contribution is 0.317. The van der Waals surface area contributed by atoms with Crippen LogP contribution in [0.5, 0.6) is 0 Å². The maximum atomic E-state index is 11.6. The molecule has 1 aromatic rings. The van der Waals surface area contributed by atoms with Gasteiger partial charge in [-0.15, -0.1) is 0 Å². The molecule has 0 atom stereocenters. The van der Waals surface area contributed by atoms with E-state index in [9.17, 15) is 4.79 Å². The van der Waals surface area contributed by atoms with Gasteiger partial charge < -0.3 is 0 Å². The first-order chi connectivity index (χ1) is 6.31. The van der Waals surface area contributed by atoms with Crippen LogP contribution in [0.1, 0.15) is 20.8 Å². The molecule has 0 fully saturated rings. The summed E-state index contributed by atoms with van der Waals surface area (Å²) in [6.07, 6.45) is 1.39. The maximum absolute atomic E-state index is 11.6. The summed E-state index contributed by atoms with van der Waals surface area (Å²) in [5.41, 5.74) is -0.359. The summed E-state index contributed by atoms with van der Waals surface area (Å²) >= 11 is 11.4. The zero-order valence-corrected chi connectivity index (χ0v) is 9.85. The molecule has 0 bridgehead atoms. The molecule has 0 saturated carbocycles. The van der Waals surface area contributed by atoms with Crippen LogP contribution in [0.15, 0.2) is 11.0 Å². The van der Waals surface area contributed by atoms with Crippen LogP contribution in [0.3, 0.4) is 0 Å². The molecule has 1 rings (SSSR count). The van der Waals surface area contributed by atoms with Gasteiger partial charge in [0, 0.05) is 6.54 Å². The predicted octanol–water partition coefficient (Wildman–Crippen LogP) is 2.60. The van der Waals surface area contributed by atoms with Crippen LogP contribution >= 0.6 is 23.2 Å². The van der Waals surface area contributed by atoms with Gasteiger partial charge in [-0.25, -0.2) is 4.68 Å². The van der Waals surface area contributed by atoms with Crippen LogP contribution in [0.25, 0.3) is 0 Å². The van der Waals surface area contributed by atoms with Crippen LogP contribution in [0.4, 0.5) is 0 Å². The van der Waals surface area contributed by atoms with Crippen LogP contribution in [0.2, 0.25) is 10.0 Å². The molecule has 0 spiro atoms. The third kappa shape index (κ3) is 2.72. The second kappa shape index (κ2) is 3.91. The molecule has 1 heterocycles. The largest absolute Gasteiger partial charge is 0.287 e. The summed E-state index contributed by atoms with van der Waals surface area (Å²) in [7, 11) is 0. The summed E-state index contributed by atoms with van der Waals surface area (Å²) in [4.78, 5) is 11.6. The first-order valence-corrected chi connectivity index (χ1v) is 4.98. The Morgan fingerprint density at radius 1 is 1.43 bits per heavy atom. The third-order valence-electron chi connectivity index (χ3n) is 1.57. The number of aromatic nitrogens is 2. The van der Waals surface area contributed by atoms with Crippen molar-refractivity contribution in [2.24, 2.45) is 5.41 Å². The minimum atomic E-state index is -0.339. The van der Waals surface area contributed by atoms with Crippen molar-refractivity contribution in [1.29, 1.82) is 0 Å². The first-order valence-electron chi connectivity index (χ1n) is 4.22. The molecule has 0 unspecified atom stereocenters. The molecule has 0 amide bonds. The molecule has 0 aliphatic carbocycles. The van der Waals surface area contributed by atoms with E-state index in [4.69, 9.17) is 23.2 Å². The highest BCUT2D eigenvalue weighted by Gasteiger charge is 2.15. The number of halogens is 2. The minimum Gasteiger partial charge on any atom is -0.266 e. The van der Waals surface area contributed by atoms with Gasteiger partial charge in [0.15, 0.2) is 0 Å². The number of nitrogens with zero attached hydrogens (tertiary/aromatic N) is 2. The molecule has 0 aliphatic heterocycles. The average Bonchev–Trinajstić information content (AvgIpc) is 2.04. The van der Waals surface area contributed by atoms with Crippen LogP contribution in [-0.2, 0) is 6.54 Å². The fourth-order valence-corrected chi connectivity index (χ4v) is 1.28. The van der Waals surface area contributed by atoms with E-state index >= 15 is 0 Å². The fraction of sp³-hybridized carbons (Fsp3) is 0.556. The minimum absolute atomic E-state index is 0.0199. The van der Waals surface area contributed by atoms with Crippen molar-refractivity contribution in [2.45, 2.75) is 27.3 Å². The lowest BCUT2D eigenvalue weighted by Gasteiger charge is -2.18. The van der Waals surface area contributed by atoms with Crippen molar-refractivity contribution in [3.63, 3.8) is 0 Å². The zero-order valence-electron chi connectivity index (χ0n) is 8.34. The summed E-state index contributed by atoms with van der Waals surface area (Å²) in [5.74, 6) is 0. The van der Waals surface area contributed by atoms with Gasteiger partial charge in [-0.3, -0.25) is 4.79 Å². The van der Waals surface area contributed by atoms with Crippen LogP contribution < -0.4 is 5.56 Å². The quantitative estimate of drug-likeness (QED) is 0.749. The van der Waals surface area contributed by atoms with E-state index in [1.54, 1.807) is 0 Å². The van der Waals surface area contributed by atoms with E-state index in [-0.39, 0.29) is 21.0 Å². The number of rotatable bonds is 1. The Labute approximate surface area is 92.6 Å². The van der Waals surface area contributed by atoms with Gasteiger partial charge in [-0.2, -0.15) is 5.10 Å². The van der Waals surface area contributed by atoms with Crippen molar-refractivity contribution in [2.75, 3.05) is 0 Å². The summed E-state index contributed by atoms with van der Waals surface area (Å²) in [6.45, 7) is 6.57. The first kappa shape index (κ1) is 11.5. The van der Waals surface area contributed by atoms with E-state index in [2.05, 4.69) is 5.10 Å². The Bertz CT molecular complexity index is 393. The Morgan fingerprint density at radius 3 is 2.50 bits per heavy atom. The summed E-state index contributed by atoms with van der Waals surface area (Å²) < 4.78 is 1.33. The lowest BCUT2D eigenvalue weighted by atomic mass is 9.97. The van der Waals surface area contributed by atoms with Gasteiger partial charge in [-0.1, -0.05) is 44.0 Å². The van der Waals surface area contributed by atoms with E-state index in [0.717, 1.165) is 0 Å². The second-order valence-corrected chi connectivity index (χ2v) is 5.12. The van der Waals surface area contributed by atoms with Crippen molar-refractivity contribution in [3.8, 4) is 0 Å². The Hall–Kier alpha value is -0.540. The molecule has 1 aromatic heterocycles. The van der Waals surface area contributed by atoms with Gasteiger partial charge in [0.1, 0.15) is 5.02 Å². The van der Waals surface area contributed by atoms with Crippen LogP contribution in [0, 0.1) is 5.41 Å². The molecule has 0 aromatic carbocycles. The zero-order chi connectivity index (χ0) is 10.9. The van der Waals surface area contributed by atoms with Crippen molar-refractivity contribution in [1.82, 2.24) is 9.78 Å². The third-order valence-corrected chi connectivity index (χ3v) is 2.32. The molecule has 14 heavy (non-hydrogen) atoms. The van der Waals surface area contributed by atoms with E-state index in [1.165, 1.54) is 10.9 Å². The molecule has 78 valence electrons. The highest BCUT2D eigenvalue weighted by atomic mass is 35.5. The SMILES string of the molecule is CC(C)(C)Cn1ncc(Cl)c(Cl)c1=O. The smallest absolute Gasteiger partial charge is 0.266 e. The molecular formula is C9H12Cl2N2O. The maximum Gasteiger partial charge on any atom is 0.287 e. The number of hydrogen-bond acceptors (Lipinski definition) is 2. The van der Waals surface area contributed by atoms with E-state index < -0.39 is 0 Å². The van der Waals surface area contributed by atoms with Crippen molar-refractivity contribution < 1.29 is 0 Å². The fourth-order valence-electron chi connectivity index (χ4n) is 1.01. The highest BCUT2D eigenvalue weighted by Crippen LogP contribution is 2.17. The van der Waals surface area contributed by atoms with Gasteiger partial charge >= 0.3 is 0 Å². The predicted molar refractivity (Wildman–Crippen MR) is 58.0 cm³/mol. The molecule has 0 N–H and O–H groups in total. The Morgan fingerprint density at radius 2 is 2.00 bits per heavy atom. The van der Waals surface area contributed by atoms with Crippen molar-refractivity contribution >= 4 is 23.2 Å².